The summed E-state index contributed by atoms with van der Waals surface area (Å²) in [5.41, 5.74) is 3.09. The summed E-state index contributed by atoms with van der Waals surface area (Å²) in [6.07, 6.45) is 0. The van der Waals surface area contributed by atoms with Gasteiger partial charge in [0.1, 0.15) is 17.2 Å². The summed E-state index contributed by atoms with van der Waals surface area (Å²) >= 11 is 0. The van der Waals surface area contributed by atoms with E-state index in [0.29, 0.717) is 28.2 Å². The molecule has 0 aliphatic rings. The lowest BCUT2D eigenvalue weighted by Gasteiger charge is -2.12. The molecule has 0 aliphatic carbocycles. The molecule has 0 fully saturated rings. The van der Waals surface area contributed by atoms with E-state index >= 15 is 0 Å². The van der Waals surface area contributed by atoms with E-state index < -0.39 is 5.97 Å². The Bertz CT molecular complexity index is 1260. The molecule has 0 aromatic heterocycles. The molecule has 4 aromatic rings. The van der Waals surface area contributed by atoms with E-state index in [4.69, 9.17) is 14.2 Å². The highest BCUT2D eigenvalue weighted by Gasteiger charge is 2.17. The van der Waals surface area contributed by atoms with E-state index in [1.165, 1.54) is 0 Å². The van der Waals surface area contributed by atoms with Crippen LogP contribution >= 0.6 is 0 Å². The minimum atomic E-state index is -0.452. The van der Waals surface area contributed by atoms with E-state index in [0.717, 1.165) is 16.9 Å². The Balaban J connectivity index is 1.60. The first-order valence-electron chi connectivity index (χ1n) is 10.3. The molecule has 0 N–H and O–H groups in total. The van der Waals surface area contributed by atoms with E-state index in [1.54, 1.807) is 74.9 Å². The van der Waals surface area contributed by atoms with E-state index in [9.17, 15) is 9.59 Å². The number of esters is 1. The van der Waals surface area contributed by atoms with Crippen molar-refractivity contribution in [3.05, 3.63) is 114 Å². The third-order valence-corrected chi connectivity index (χ3v) is 5.21. The molecule has 0 saturated heterocycles. The molecule has 0 unspecified atom stereocenters. The fourth-order valence-corrected chi connectivity index (χ4v) is 3.43. The smallest absolute Gasteiger partial charge is 0.343 e. The van der Waals surface area contributed by atoms with Crippen LogP contribution < -0.4 is 14.2 Å². The second-order valence-corrected chi connectivity index (χ2v) is 7.25. The summed E-state index contributed by atoms with van der Waals surface area (Å²) in [4.78, 5) is 25.6. The molecule has 0 atom stereocenters. The van der Waals surface area contributed by atoms with Crippen molar-refractivity contribution in [3.8, 4) is 28.4 Å². The van der Waals surface area contributed by atoms with E-state index in [1.807, 2.05) is 36.4 Å². The van der Waals surface area contributed by atoms with Crippen LogP contribution in [0.2, 0.25) is 0 Å². The Morgan fingerprint density at radius 3 is 1.85 bits per heavy atom. The maximum atomic E-state index is 13.3. The zero-order valence-corrected chi connectivity index (χ0v) is 18.3. The van der Waals surface area contributed by atoms with Crippen LogP contribution in [0.25, 0.3) is 11.1 Å². The molecule has 0 aliphatic heterocycles. The van der Waals surface area contributed by atoms with Gasteiger partial charge in [-0.1, -0.05) is 30.3 Å². The first-order chi connectivity index (χ1) is 16.1. The average Bonchev–Trinajstić information content (AvgIpc) is 2.89. The normalized spacial score (nSPS) is 10.4. The standard InChI is InChI=1S/C28H22O5/c1-31-22-12-8-19(9-13-22)26-18-24(32-2)16-17-25(26)27(29)20-10-14-23(15-11-20)33-28(30)21-6-4-3-5-7-21/h3-18H,1-2H3. The number of rotatable bonds is 7. The number of ketones is 1. The summed E-state index contributed by atoms with van der Waals surface area (Å²) in [5.74, 6) is 1.15. The Morgan fingerprint density at radius 2 is 1.21 bits per heavy atom. The molecular weight excluding hydrogens is 416 g/mol. The van der Waals surface area contributed by atoms with Crippen LogP contribution in [0.1, 0.15) is 26.3 Å². The fourth-order valence-electron chi connectivity index (χ4n) is 3.43. The summed E-state index contributed by atoms with van der Waals surface area (Å²) in [6.45, 7) is 0. The molecule has 0 heterocycles. The van der Waals surface area contributed by atoms with Crippen LogP contribution in [0, 0.1) is 0 Å². The van der Waals surface area contributed by atoms with Crippen LogP contribution in [0.4, 0.5) is 0 Å². The number of benzene rings is 4. The third kappa shape index (κ3) is 4.93. The van der Waals surface area contributed by atoms with Crippen molar-refractivity contribution >= 4 is 11.8 Å². The molecule has 0 radical (unpaired) electrons. The van der Waals surface area contributed by atoms with Gasteiger partial charge in [-0.2, -0.15) is 0 Å². The van der Waals surface area contributed by atoms with Gasteiger partial charge in [-0.15, -0.1) is 0 Å². The molecule has 0 bridgehead atoms. The largest absolute Gasteiger partial charge is 0.497 e. The highest BCUT2D eigenvalue weighted by Crippen LogP contribution is 2.31. The summed E-state index contributed by atoms with van der Waals surface area (Å²) in [5, 5.41) is 0. The zero-order valence-electron chi connectivity index (χ0n) is 18.3. The summed E-state index contributed by atoms with van der Waals surface area (Å²) in [7, 11) is 3.19. The Kier molecular flexibility index (Phi) is 6.51. The van der Waals surface area contributed by atoms with Crippen molar-refractivity contribution < 1.29 is 23.8 Å². The van der Waals surface area contributed by atoms with Gasteiger partial charge in [-0.25, -0.2) is 4.79 Å². The van der Waals surface area contributed by atoms with Gasteiger partial charge in [0.2, 0.25) is 0 Å². The van der Waals surface area contributed by atoms with Crippen LogP contribution in [-0.4, -0.2) is 26.0 Å². The predicted molar refractivity (Wildman–Crippen MR) is 126 cm³/mol. The Morgan fingerprint density at radius 1 is 0.606 bits per heavy atom. The van der Waals surface area contributed by atoms with Crippen molar-refractivity contribution in [1.82, 2.24) is 0 Å². The highest BCUT2D eigenvalue weighted by atomic mass is 16.5. The van der Waals surface area contributed by atoms with Gasteiger partial charge in [0.15, 0.2) is 5.78 Å². The van der Waals surface area contributed by atoms with Crippen molar-refractivity contribution in [2.24, 2.45) is 0 Å². The zero-order chi connectivity index (χ0) is 23.2. The fraction of sp³-hybridized carbons (Fsp3) is 0.0714. The summed E-state index contributed by atoms with van der Waals surface area (Å²) < 4.78 is 16.0. The second kappa shape index (κ2) is 9.83. The monoisotopic (exact) mass is 438 g/mol. The van der Waals surface area contributed by atoms with E-state index in [2.05, 4.69) is 0 Å². The summed E-state index contributed by atoms with van der Waals surface area (Å²) in [6, 6.07) is 28.1. The van der Waals surface area contributed by atoms with Gasteiger partial charge in [0, 0.05) is 11.1 Å². The van der Waals surface area contributed by atoms with Crippen LogP contribution in [0.3, 0.4) is 0 Å². The molecule has 4 aromatic carbocycles. The maximum absolute atomic E-state index is 13.3. The van der Waals surface area contributed by atoms with Crippen molar-refractivity contribution in [2.75, 3.05) is 14.2 Å². The second-order valence-electron chi connectivity index (χ2n) is 7.25. The topological polar surface area (TPSA) is 61.8 Å². The number of carbonyl (C=O) groups is 2. The highest BCUT2D eigenvalue weighted by molar-refractivity contribution is 6.13. The predicted octanol–water partition coefficient (Wildman–Crippen LogP) is 5.82. The Hall–Kier alpha value is -4.38. The molecule has 4 rings (SSSR count). The minimum Gasteiger partial charge on any atom is -0.497 e. The number of methoxy groups -OCH3 is 2. The van der Waals surface area contributed by atoms with Crippen molar-refractivity contribution in [2.45, 2.75) is 0 Å². The molecule has 5 heteroatoms. The van der Waals surface area contributed by atoms with Gasteiger partial charge >= 0.3 is 5.97 Å². The number of ether oxygens (including phenoxy) is 3. The van der Waals surface area contributed by atoms with Crippen LogP contribution in [0.5, 0.6) is 17.2 Å². The number of hydrogen-bond donors (Lipinski definition) is 0. The minimum absolute atomic E-state index is 0.149. The number of carbonyl (C=O) groups excluding carboxylic acids is 2. The van der Waals surface area contributed by atoms with Gasteiger partial charge in [0.05, 0.1) is 19.8 Å². The SMILES string of the molecule is COc1ccc(-c2cc(OC)ccc2C(=O)c2ccc(OC(=O)c3ccccc3)cc2)cc1. The van der Waals surface area contributed by atoms with Crippen molar-refractivity contribution in [3.63, 3.8) is 0 Å². The van der Waals surface area contributed by atoms with Gasteiger partial charge in [-0.3, -0.25) is 4.79 Å². The lowest BCUT2D eigenvalue weighted by atomic mass is 9.93. The quantitative estimate of drug-likeness (QED) is 0.207. The molecule has 33 heavy (non-hydrogen) atoms. The third-order valence-electron chi connectivity index (χ3n) is 5.21. The molecule has 0 spiro atoms. The van der Waals surface area contributed by atoms with Gasteiger partial charge in [0.25, 0.3) is 0 Å². The Labute approximate surface area is 192 Å². The molecule has 0 amide bonds. The molecule has 164 valence electrons. The van der Waals surface area contributed by atoms with Gasteiger partial charge in [-0.05, 0) is 77.9 Å². The lowest BCUT2D eigenvalue weighted by molar-refractivity contribution is 0.0734. The molecular formula is C28H22O5. The van der Waals surface area contributed by atoms with Crippen LogP contribution in [0.15, 0.2) is 97.1 Å². The first kappa shape index (κ1) is 21.8. The molecule has 5 nitrogen and oxygen atoms in total. The van der Waals surface area contributed by atoms with Crippen LogP contribution in [-0.2, 0) is 0 Å². The lowest BCUT2D eigenvalue weighted by Crippen LogP contribution is -2.08. The average molecular weight is 438 g/mol. The van der Waals surface area contributed by atoms with Crippen molar-refractivity contribution in [1.29, 1.82) is 0 Å². The molecule has 0 saturated carbocycles. The maximum Gasteiger partial charge on any atom is 0.343 e. The van der Waals surface area contributed by atoms with E-state index in [-0.39, 0.29) is 5.78 Å². The van der Waals surface area contributed by atoms with Gasteiger partial charge < -0.3 is 14.2 Å². The first-order valence-corrected chi connectivity index (χ1v) is 10.3. The number of hydrogen-bond acceptors (Lipinski definition) is 5.